The molecule has 0 aliphatic carbocycles. The van der Waals surface area contributed by atoms with E-state index in [1.807, 2.05) is 62.4 Å². The van der Waals surface area contributed by atoms with Crippen LogP contribution in [0.5, 0.6) is 0 Å². The number of benzene rings is 3. The van der Waals surface area contributed by atoms with Crippen molar-refractivity contribution in [2.45, 2.75) is 40.3 Å². The fourth-order valence-electron chi connectivity index (χ4n) is 5.60. The third kappa shape index (κ3) is 4.76. The Hall–Kier alpha value is -4.49. The van der Waals surface area contributed by atoms with E-state index in [0.29, 0.717) is 20.6 Å². The molecule has 0 bridgehead atoms. The summed E-state index contributed by atoms with van der Waals surface area (Å²) in [6.45, 7) is 8.68. The van der Waals surface area contributed by atoms with Gasteiger partial charge in [-0.25, -0.2) is 9.79 Å². The minimum atomic E-state index is -0.617. The maximum atomic E-state index is 14.1. The lowest BCUT2D eigenvalue weighted by Gasteiger charge is -2.24. The summed E-state index contributed by atoms with van der Waals surface area (Å²) in [4.78, 5) is 32.6. The van der Waals surface area contributed by atoms with E-state index in [4.69, 9.17) is 9.73 Å². The minimum Gasteiger partial charge on any atom is -0.463 e. The second kappa shape index (κ2) is 10.8. The fourth-order valence-corrected chi connectivity index (χ4v) is 6.62. The van der Waals surface area contributed by atoms with E-state index in [1.165, 1.54) is 16.9 Å². The molecule has 0 amide bonds. The molecule has 0 spiro atoms. The average Bonchev–Trinajstić information content (AvgIpc) is 3.42. The van der Waals surface area contributed by atoms with Gasteiger partial charge in [0.1, 0.15) is 0 Å². The lowest BCUT2D eigenvalue weighted by molar-refractivity contribution is -0.139. The second-order valence-corrected chi connectivity index (χ2v) is 11.3. The zero-order valence-electron chi connectivity index (χ0n) is 23.5. The highest BCUT2D eigenvalue weighted by molar-refractivity contribution is 7.07. The van der Waals surface area contributed by atoms with E-state index >= 15 is 0 Å². The number of carbonyl (C=O) groups excluding carboxylic acids is 1. The third-order valence-corrected chi connectivity index (χ3v) is 8.63. The molecule has 0 saturated heterocycles. The maximum absolute atomic E-state index is 14.1. The Morgan fingerprint density at radius 2 is 1.68 bits per heavy atom. The number of esters is 1. The van der Waals surface area contributed by atoms with Gasteiger partial charge in [0.25, 0.3) is 5.56 Å². The average molecular weight is 562 g/mol. The van der Waals surface area contributed by atoms with E-state index in [0.717, 1.165) is 39.8 Å². The number of carbonyl (C=O) groups is 1. The summed E-state index contributed by atoms with van der Waals surface area (Å²) in [5.41, 5.74) is 7.15. The summed E-state index contributed by atoms with van der Waals surface area (Å²) < 4.78 is 9.94. The van der Waals surface area contributed by atoms with E-state index in [2.05, 4.69) is 47.9 Å². The van der Waals surface area contributed by atoms with E-state index in [9.17, 15) is 9.59 Å². The number of rotatable bonds is 6. The molecule has 1 aliphatic rings. The topological polar surface area (TPSA) is 65.6 Å². The van der Waals surface area contributed by atoms with Gasteiger partial charge in [0.2, 0.25) is 0 Å². The van der Waals surface area contributed by atoms with Gasteiger partial charge in [-0.05, 0) is 51.0 Å². The van der Waals surface area contributed by atoms with Crippen molar-refractivity contribution in [3.63, 3.8) is 0 Å². The van der Waals surface area contributed by atoms with Gasteiger partial charge in [-0.1, -0.05) is 89.7 Å². The molecule has 41 heavy (non-hydrogen) atoms. The molecule has 0 saturated carbocycles. The predicted molar refractivity (Wildman–Crippen MR) is 164 cm³/mol. The highest BCUT2D eigenvalue weighted by atomic mass is 32.1. The monoisotopic (exact) mass is 561 g/mol. The Labute approximate surface area is 242 Å². The molecule has 6 nitrogen and oxygen atoms in total. The first-order valence-corrected chi connectivity index (χ1v) is 14.6. The largest absolute Gasteiger partial charge is 0.463 e. The van der Waals surface area contributed by atoms with Crippen molar-refractivity contribution in [3.8, 4) is 0 Å². The summed E-state index contributed by atoms with van der Waals surface area (Å²) in [6, 6.07) is 26.0. The zero-order chi connectivity index (χ0) is 28.7. The van der Waals surface area contributed by atoms with Crippen LogP contribution < -0.4 is 14.9 Å². The van der Waals surface area contributed by atoms with Crippen LogP contribution in [0, 0.1) is 13.8 Å². The minimum absolute atomic E-state index is 0.173. The molecule has 1 aliphatic heterocycles. The summed E-state index contributed by atoms with van der Waals surface area (Å²) in [5.74, 6) is -0.451. The lowest BCUT2D eigenvalue weighted by Crippen LogP contribution is -2.39. The van der Waals surface area contributed by atoms with Crippen molar-refractivity contribution in [1.82, 2.24) is 9.13 Å². The van der Waals surface area contributed by atoms with Gasteiger partial charge in [0.15, 0.2) is 4.80 Å². The normalized spacial score (nSPS) is 15.2. The number of allylic oxidation sites excluding steroid dienone is 1. The zero-order valence-corrected chi connectivity index (χ0v) is 24.4. The van der Waals surface area contributed by atoms with Crippen LogP contribution in [-0.4, -0.2) is 21.7 Å². The molecule has 0 N–H and O–H groups in total. The van der Waals surface area contributed by atoms with Crippen LogP contribution in [-0.2, 0) is 16.1 Å². The Morgan fingerprint density at radius 1 is 0.976 bits per heavy atom. The van der Waals surface area contributed by atoms with Gasteiger partial charge in [0.05, 0.1) is 28.5 Å². The lowest BCUT2D eigenvalue weighted by atomic mass is 9.95. The number of aromatic nitrogens is 2. The first-order valence-electron chi connectivity index (χ1n) is 13.8. The maximum Gasteiger partial charge on any atom is 0.338 e. The van der Waals surface area contributed by atoms with Gasteiger partial charge in [-0.3, -0.25) is 9.36 Å². The second-order valence-electron chi connectivity index (χ2n) is 10.3. The Balaban J connectivity index is 1.55. The number of para-hydroxylation sites is 1. The van der Waals surface area contributed by atoms with E-state index in [-0.39, 0.29) is 12.2 Å². The quantitative estimate of drug-likeness (QED) is 0.260. The Morgan fingerprint density at radius 3 is 2.41 bits per heavy atom. The molecule has 1 atom stereocenters. The molecule has 3 heterocycles. The van der Waals surface area contributed by atoms with Crippen LogP contribution in [0.4, 0.5) is 0 Å². The number of hydrogen-bond donors (Lipinski definition) is 0. The Bertz CT molecular complexity index is 1990. The molecule has 5 aromatic rings. The van der Waals surface area contributed by atoms with Crippen molar-refractivity contribution < 1.29 is 9.53 Å². The number of thiazole rings is 1. The molecule has 0 fully saturated rings. The molecule has 2 aromatic heterocycles. The van der Waals surface area contributed by atoms with E-state index in [1.54, 1.807) is 11.5 Å². The predicted octanol–water partition coefficient (Wildman–Crippen LogP) is 5.42. The fraction of sp³-hybridized carbons (Fsp3) is 0.206. The summed E-state index contributed by atoms with van der Waals surface area (Å²) >= 11 is 1.35. The molecule has 3 aromatic carbocycles. The number of aryl methyl sites for hydroxylation is 1. The van der Waals surface area contributed by atoms with E-state index < -0.39 is 12.0 Å². The highest BCUT2D eigenvalue weighted by Crippen LogP contribution is 2.31. The van der Waals surface area contributed by atoms with Crippen molar-refractivity contribution in [2.24, 2.45) is 4.99 Å². The molecule has 7 heteroatoms. The van der Waals surface area contributed by atoms with Crippen LogP contribution in [0.25, 0.3) is 17.0 Å². The number of fused-ring (bicyclic) bond motifs is 2. The molecule has 206 valence electrons. The highest BCUT2D eigenvalue weighted by Gasteiger charge is 2.33. The SMILES string of the molecule is CCOC(=O)C1=C(C)N=c2s/c(=C/c3c(C)n(Cc4ccccc4)c4ccccc34)c(=O)n2[C@@H]1c1ccc(C)cc1. The number of nitrogens with zero attached hydrogens (tertiary/aromatic N) is 3. The van der Waals surface area contributed by atoms with Crippen LogP contribution in [0.15, 0.2) is 99.9 Å². The van der Waals surface area contributed by atoms with Crippen LogP contribution in [0.2, 0.25) is 0 Å². The van der Waals surface area contributed by atoms with Crippen LogP contribution >= 0.6 is 11.3 Å². The van der Waals surface area contributed by atoms with Crippen LogP contribution in [0.3, 0.4) is 0 Å². The summed E-state index contributed by atoms with van der Waals surface area (Å²) in [5, 5.41) is 1.09. The molecular weight excluding hydrogens is 530 g/mol. The number of ether oxygens (including phenoxy) is 1. The standard InChI is InChI=1S/C34H31N3O3S/c1-5-40-33(39)30-22(3)35-34-37(31(30)25-17-15-21(2)16-18-25)32(38)29(41-34)19-27-23(4)36(20-24-11-7-6-8-12-24)28-14-10-9-13-26(27)28/h6-19,31H,5,20H2,1-4H3/b29-19+/t31-/m1/s1. The van der Waals surface area contributed by atoms with Gasteiger partial charge < -0.3 is 9.30 Å². The van der Waals surface area contributed by atoms with Crippen molar-refractivity contribution in [3.05, 3.63) is 138 Å². The first kappa shape index (κ1) is 26.7. The molecule has 6 rings (SSSR count). The van der Waals surface area contributed by atoms with Crippen molar-refractivity contribution >= 4 is 34.3 Å². The van der Waals surface area contributed by atoms with Crippen molar-refractivity contribution in [2.75, 3.05) is 6.61 Å². The molecule has 0 radical (unpaired) electrons. The molecule has 0 unspecified atom stereocenters. The van der Waals surface area contributed by atoms with Gasteiger partial charge in [-0.2, -0.15) is 0 Å². The van der Waals surface area contributed by atoms with Gasteiger partial charge in [0, 0.05) is 28.7 Å². The van der Waals surface area contributed by atoms with Gasteiger partial charge >= 0.3 is 5.97 Å². The van der Waals surface area contributed by atoms with Crippen molar-refractivity contribution in [1.29, 1.82) is 0 Å². The number of hydrogen-bond acceptors (Lipinski definition) is 5. The van der Waals surface area contributed by atoms with Crippen LogP contribution in [0.1, 0.15) is 47.8 Å². The Kier molecular flexibility index (Phi) is 7.05. The smallest absolute Gasteiger partial charge is 0.338 e. The first-order chi connectivity index (χ1) is 19.9. The third-order valence-electron chi connectivity index (χ3n) is 7.65. The summed E-state index contributed by atoms with van der Waals surface area (Å²) in [6.07, 6.45) is 1.98. The van der Waals surface area contributed by atoms with Gasteiger partial charge in [-0.15, -0.1) is 0 Å². The molecular formula is C34H31N3O3S. The summed E-state index contributed by atoms with van der Waals surface area (Å²) in [7, 11) is 0.